The molecule has 0 heterocycles. The lowest BCUT2D eigenvalue weighted by molar-refractivity contribution is -0.146. The minimum Gasteiger partial charge on any atom is -0.479 e. The van der Waals surface area contributed by atoms with E-state index in [1.807, 2.05) is 20.8 Å². The van der Waals surface area contributed by atoms with Gasteiger partial charge in [-0.2, -0.15) is 0 Å². The second-order valence-electron chi connectivity index (χ2n) is 5.30. The Morgan fingerprint density at radius 2 is 1.88 bits per heavy atom. The van der Waals surface area contributed by atoms with Crippen LogP contribution in [0.3, 0.4) is 0 Å². The molecule has 0 aromatic heterocycles. The molecule has 2 atom stereocenters. The van der Waals surface area contributed by atoms with Gasteiger partial charge >= 0.3 is 5.97 Å². The number of aliphatic hydroxyl groups excluding tert-OH is 1. The first kappa shape index (κ1) is 15.9. The lowest BCUT2D eigenvalue weighted by Gasteiger charge is -2.24. The Balaban J connectivity index is 4.23. The van der Waals surface area contributed by atoms with Crippen LogP contribution in [0.4, 0.5) is 0 Å². The van der Waals surface area contributed by atoms with Crippen LogP contribution in [-0.2, 0) is 9.59 Å². The fourth-order valence-electron chi connectivity index (χ4n) is 1.45. The van der Waals surface area contributed by atoms with Gasteiger partial charge in [0.15, 0.2) is 6.10 Å². The van der Waals surface area contributed by atoms with Crippen LogP contribution in [0.15, 0.2) is 0 Å². The van der Waals surface area contributed by atoms with Crippen LogP contribution in [0.2, 0.25) is 0 Å². The lowest BCUT2D eigenvalue weighted by atomic mass is 9.84. The van der Waals surface area contributed by atoms with Crippen LogP contribution in [0.5, 0.6) is 0 Å². The molecule has 1 unspecified atom stereocenters. The number of nitrogens with one attached hydrogen (secondary N) is 1. The average Bonchev–Trinajstić information content (AvgIpc) is 2.20. The number of aliphatic carboxylic acids is 1. The molecule has 5 N–H and O–H groups in total. The molecule has 0 spiro atoms. The van der Waals surface area contributed by atoms with Crippen LogP contribution in [0, 0.1) is 11.3 Å². The smallest absolute Gasteiger partial charge is 0.334 e. The summed E-state index contributed by atoms with van der Waals surface area (Å²) in [5.74, 6) is -2.04. The number of amides is 1. The minimum atomic E-state index is -1.58. The van der Waals surface area contributed by atoms with Crippen molar-refractivity contribution < 1.29 is 19.8 Å². The predicted octanol–water partition coefficient (Wildman–Crippen LogP) is -0.441. The molecular weight excluding hydrogens is 224 g/mol. The number of carboxylic acid groups (broad SMARTS) is 1. The highest BCUT2D eigenvalue weighted by atomic mass is 16.4. The number of carbonyl (C=O) groups is 2. The lowest BCUT2D eigenvalue weighted by Crippen LogP contribution is -2.42. The summed E-state index contributed by atoms with van der Waals surface area (Å²) < 4.78 is 0. The van der Waals surface area contributed by atoms with Gasteiger partial charge in [-0.25, -0.2) is 4.79 Å². The van der Waals surface area contributed by atoms with Crippen LogP contribution in [0.1, 0.15) is 27.2 Å². The summed E-state index contributed by atoms with van der Waals surface area (Å²) in [6.45, 7) is 5.89. The van der Waals surface area contributed by atoms with Gasteiger partial charge in [0.25, 0.3) is 0 Å². The molecule has 0 aromatic rings. The number of carboxylic acids is 1. The highest BCUT2D eigenvalue weighted by Crippen LogP contribution is 2.23. The summed E-state index contributed by atoms with van der Waals surface area (Å²) in [6.07, 6.45) is -0.967. The molecule has 0 bridgehead atoms. The molecule has 0 radical (unpaired) electrons. The van der Waals surface area contributed by atoms with E-state index in [2.05, 4.69) is 5.32 Å². The summed E-state index contributed by atoms with van der Waals surface area (Å²) in [6, 6.07) is 0. The molecule has 0 aromatic carbocycles. The zero-order chi connectivity index (χ0) is 13.6. The van der Waals surface area contributed by atoms with E-state index in [0.717, 1.165) is 0 Å². The number of hydrogen-bond acceptors (Lipinski definition) is 4. The van der Waals surface area contributed by atoms with E-state index in [1.54, 1.807) is 0 Å². The highest BCUT2D eigenvalue weighted by Gasteiger charge is 2.24. The van der Waals surface area contributed by atoms with E-state index >= 15 is 0 Å². The molecule has 6 nitrogen and oxygen atoms in total. The van der Waals surface area contributed by atoms with E-state index < -0.39 is 12.1 Å². The van der Waals surface area contributed by atoms with Gasteiger partial charge in [0.1, 0.15) is 0 Å². The van der Waals surface area contributed by atoms with Crippen LogP contribution in [-0.4, -0.2) is 41.3 Å². The monoisotopic (exact) mass is 246 g/mol. The van der Waals surface area contributed by atoms with E-state index in [4.69, 9.17) is 15.9 Å². The summed E-state index contributed by atoms with van der Waals surface area (Å²) in [5.41, 5.74) is 5.47. The fourth-order valence-corrected chi connectivity index (χ4v) is 1.45. The Morgan fingerprint density at radius 3 is 2.24 bits per heavy atom. The molecular formula is C11H22N2O4. The van der Waals surface area contributed by atoms with Gasteiger partial charge in [-0.3, -0.25) is 4.79 Å². The van der Waals surface area contributed by atoms with E-state index in [0.29, 0.717) is 6.42 Å². The van der Waals surface area contributed by atoms with E-state index in [9.17, 15) is 9.59 Å². The van der Waals surface area contributed by atoms with Crippen molar-refractivity contribution in [1.82, 2.24) is 5.32 Å². The molecule has 0 rings (SSSR count). The Morgan fingerprint density at radius 1 is 1.35 bits per heavy atom. The molecule has 0 aliphatic heterocycles. The molecule has 0 saturated heterocycles. The van der Waals surface area contributed by atoms with Crippen LogP contribution < -0.4 is 11.1 Å². The largest absolute Gasteiger partial charge is 0.479 e. The van der Waals surface area contributed by atoms with Crippen molar-refractivity contribution >= 4 is 11.9 Å². The first-order chi connectivity index (χ1) is 7.67. The molecule has 6 heteroatoms. The Hall–Kier alpha value is -1.14. The van der Waals surface area contributed by atoms with Gasteiger partial charge in [0.05, 0.1) is 12.5 Å². The maximum atomic E-state index is 11.7. The van der Waals surface area contributed by atoms with Crippen molar-refractivity contribution in [3.05, 3.63) is 0 Å². The number of nitrogens with two attached hydrogens (primary N) is 1. The second-order valence-corrected chi connectivity index (χ2v) is 5.30. The number of carbonyl (C=O) groups excluding carboxylic acids is 1. The van der Waals surface area contributed by atoms with Gasteiger partial charge < -0.3 is 21.3 Å². The molecule has 0 fully saturated rings. The van der Waals surface area contributed by atoms with Gasteiger partial charge in [-0.15, -0.1) is 0 Å². The molecule has 0 aliphatic rings. The average molecular weight is 246 g/mol. The van der Waals surface area contributed by atoms with Crippen LogP contribution >= 0.6 is 0 Å². The maximum absolute atomic E-state index is 11.7. The van der Waals surface area contributed by atoms with Gasteiger partial charge in [-0.05, 0) is 11.8 Å². The fraction of sp³-hybridized carbons (Fsp3) is 0.818. The number of rotatable bonds is 6. The molecule has 1 amide bonds. The molecule has 100 valence electrons. The highest BCUT2D eigenvalue weighted by molar-refractivity contribution is 5.80. The quantitative estimate of drug-likeness (QED) is 0.507. The first-order valence-corrected chi connectivity index (χ1v) is 5.56. The van der Waals surface area contributed by atoms with Crippen molar-refractivity contribution in [1.29, 1.82) is 0 Å². The van der Waals surface area contributed by atoms with Crippen molar-refractivity contribution in [3.63, 3.8) is 0 Å². The zero-order valence-electron chi connectivity index (χ0n) is 10.6. The third-order valence-corrected chi connectivity index (χ3v) is 2.27. The zero-order valence-corrected chi connectivity index (χ0v) is 10.6. The molecule has 17 heavy (non-hydrogen) atoms. The summed E-state index contributed by atoms with van der Waals surface area (Å²) in [5, 5.41) is 19.9. The summed E-state index contributed by atoms with van der Waals surface area (Å²) in [4.78, 5) is 22.0. The van der Waals surface area contributed by atoms with E-state index in [-0.39, 0.29) is 30.3 Å². The Kier molecular flexibility index (Phi) is 6.12. The molecule has 0 saturated carbocycles. The summed E-state index contributed by atoms with van der Waals surface area (Å²) in [7, 11) is 0. The predicted molar refractivity (Wildman–Crippen MR) is 63.3 cm³/mol. The number of hydrogen-bond donors (Lipinski definition) is 4. The van der Waals surface area contributed by atoms with Gasteiger partial charge in [0, 0.05) is 6.54 Å². The Labute approximate surface area is 101 Å². The standard InChI is InChI=1S/C11H22N2O4/c1-11(2,3)4-7(5-12)9(15)13-6-8(14)10(16)17/h7-8,14H,4-6,12H2,1-3H3,(H,13,15)(H,16,17)/t7?,8-/m0/s1. The SMILES string of the molecule is CC(C)(C)CC(CN)C(=O)NC[C@H](O)C(=O)O. The van der Waals surface area contributed by atoms with Crippen molar-refractivity contribution in [2.45, 2.75) is 33.3 Å². The topological polar surface area (TPSA) is 113 Å². The van der Waals surface area contributed by atoms with Crippen molar-refractivity contribution in [3.8, 4) is 0 Å². The second kappa shape index (κ2) is 6.56. The molecule has 0 aliphatic carbocycles. The first-order valence-electron chi connectivity index (χ1n) is 5.56. The normalized spacial score (nSPS) is 15.1. The maximum Gasteiger partial charge on any atom is 0.334 e. The third kappa shape index (κ3) is 6.91. The van der Waals surface area contributed by atoms with Crippen molar-refractivity contribution in [2.24, 2.45) is 17.1 Å². The minimum absolute atomic E-state index is 0.0349. The van der Waals surface area contributed by atoms with Gasteiger partial charge in [0.2, 0.25) is 5.91 Å². The van der Waals surface area contributed by atoms with Crippen molar-refractivity contribution in [2.75, 3.05) is 13.1 Å². The number of aliphatic hydroxyl groups is 1. The third-order valence-electron chi connectivity index (χ3n) is 2.27. The van der Waals surface area contributed by atoms with Crippen LogP contribution in [0.25, 0.3) is 0 Å². The summed E-state index contributed by atoms with van der Waals surface area (Å²) >= 11 is 0. The van der Waals surface area contributed by atoms with E-state index in [1.165, 1.54) is 0 Å². The van der Waals surface area contributed by atoms with Gasteiger partial charge in [-0.1, -0.05) is 20.8 Å². The Bertz CT molecular complexity index is 273.